The largest absolute Gasteiger partial charge is 0.494 e. The zero-order chi connectivity index (χ0) is 38.5. The van der Waals surface area contributed by atoms with Crippen molar-refractivity contribution < 1.29 is 24.2 Å². The summed E-state index contributed by atoms with van der Waals surface area (Å²) in [7, 11) is 4.51. The first-order valence-corrected chi connectivity index (χ1v) is 21.6. The van der Waals surface area contributed by atoms with Gasteiger partial charge in [0.15, 0.2) is 13.2 Å². The van der Waals surface area contributed by atoms with E-state index in [9.17, 15) is 4.91 Å². The molecule has 0 saturated heterocycles. The molecule has 0 spiro atoms. The van der Waals surface area contributed by atoms with Crippen molar-refractivity contribution in [1.82, 2.24) is 0 Å². The molecule has 2 fully saturated rings. The summed E-state index contributed by atoms with van der Waals surface area (Å²) in [5.74, 6) is 6.23. The van der Waals surface area contributed by atoms with E-state index >= 15 is 0 Å². The Morgan fingerprint density at radius 3 is 1.39 bits per heavy atom. The van der Waals surface area contributed by atoms with E-state index in [1.54, 1.807) is 0 Å². The minimum absolute atomic E-state index is 0.149. The van der Waals surface area contributed by atoms with Gasteiger partial charge < -0.3 is 19.3 Å². The Labute approximate surface area is 327 Å². The van der Waals surface area contributed by atoms with Crippen molar-refractivity contribution in [2.75, 3.05) is 50.3 Å². The van der Waals surface area contributed by atoms with Crippen LogP contribution < -0.4 is 19.3 Å². The summed E-state index contributed by atoms with van der Waals surface area (Å²) >= 11 is 0. The van der Waals surface area contributed by atoms with Gasteiger partial charge in [-0.25, -0.2) is 0 Å². The lowest BCUT2D eigenvalue weighted by molar-refractivity contribution is -0.981. The molecule has 8 nitrogen and oxygen atoms in total. The standard InChI is InChI=1S/C46H72N3O5/c1-33-17-23-41-39(29-33)37-21-19-35(31-43(37)47(7)45(41,3)4)51-25-13-9-11-15-27-53-49(50)54-28-16-12-10-14-26-52-36-20-22-38-40-30-34(2)18-24-42(40)46(5,6)48(8)44(38)32-36/h19-22,31-34,39-42H,9-18,23-30H2,1-8H3/q+1/t33-,34-,39+,40+,41-,42-/m1/s1. The van der Waals surface area contributed by atoms with Crippen LogP contribution in [0.2, 0.25) is 0 Å². The first-order chi connectivity index (χ1) is 25.9. The van der Waals surface area contributed by atoms with Crippen LogP contribution in [-0.2, 0) is 9.68 Å². The van der Waals surface area contributed by atoms with E-state index in [2.05, 4.69) is 102 Å². The Kier molecular flexibility index (Phi) is 13.3. The second kappa shape index (κ2) is 17.7. The maximum atomic E-state index is 12.0. The average Bonchev–Trinajstić information content (AvgIpc) is 3.15. The van der Waals surface area contributed by atoms with E-state index in [1.165, 1.54) is 61.0 Å². The molecule has 2 heterocycles. The number of hydrogen-bond donors (Lipinski definition) is 0. The second-order valence-corrected chi connectivity index (χ2v) is 18.5. The second-order valence-electron chi connectivity index (χ2n) is 18.5. The minimum atomic E-state index is 0.149. The van der Waals surface area contributed by atoms with Crippen LogP contribution >= 0.6 is 0 Å². The average molecular weight is 747 g/mol. The van der Waals surface area contributed by atoms with E-state index in [0.717, 1.165) is 74.7 Å². The molecular formula is C46H72N3O5+. The molecule has 0 N–H and O–H groups in total. The Balaban J connectivity index is 0.783. The summed E-state index contributed by atoms with van der Waals surface area (Å²) in [6.07, 6.45) is 15.5. The SMILES string of the molecule is C[C@@H]1CC[C@@H]2[C@@H](C1)c1ccc(OCCCCCCO[N+](=O)OCCCCCCOc3ccc4c(c3)N(C)C(C)(C)[C@@H]3CC[C@@H](C)C[C@@H]43)cc1N(C)C2(C)C. The highest BCUT2D eigenvalue weighted by Gasteiger charge is 2.48. The van der Waals surface area contributed by atoms with Gasteiger partial charge >= 0.3 is 5.09 Å². The number of anilines is 2. The molecule has 2 aliphatic heterocycles. The van der Waals surface area contributed by atoms with Crippen molar-refractivity contribution in [3.63, 3.8) is 0 Å². The summed E-state index contributed by atoms with van der Waals surface area (Å²) in [4.78, 5) is 27.4. The third kappa shape index (κ3) is 9.10. The van der Waals surface area contributed by atoms with Crippen molar-refractivity contribution in [1.29, 1.82) is 0 Å². The van der Waals surface area contributed by atoms with E-state index in [4.69, 9.17) is 19.1 Å². The fraction of sp³-hybridized carbons (Fsp3) is 0.739. The Hall–Kier alpha value is -3.16. The topological polar surface area (TPSA) is 63.5 Å². The molecule has 0 unspecified atom stereocenters. The molecule has 8 heteroatoms. The molecule has 0 amide bonds. The molecule has 300 valence electrons. The summed E-state index contributed by atoms with van der Waals surface area (Å²) < 4.78 is 12.4. The van der Waals surface area contributed by atoms with Gasteiger partial charge in [0.05, 0.1) is 13.2 Å². The van der Waals surface area contributed by atoms with Crippen LogP contribution in [0.15, 0.2) is 36.4 Å². The fourth-order valence-corrected chi connectivity index (χ4v) is 10.5. The van der Waals surface area contributed by atoms with Gasteiger partial charge in [-0.05, 0) is 164 Å². The van der Waals surface area contributed by atoms with Crippen molar-refractivity contribution in [2.24, 2.45) is 23.7 Å². The highest BCUT2D eigenvalue weighted by Crippen LogP contribution is 2.55. The monoisotopic (exact) mass is 747 g/mol. The van der Waals surface area contributed by atoms with Gasteiger partial charge in [0, 0.05) is 48.7 Å². The van der Waals surface area contributed by atoms with E-state index in [-0.39, 0.29) is 11.1 Å². The van der Waals surface area contributed by atoms with Crippen LogP contribution in [-0.4, -0.2) is 56.7 Å². The zero-order valence-electron chi connectivity index (χ0n) is 35.0. The molecule has 2 saturated carbocycles. The zero-order valence-corrected chi connectivity index (χ0v) is 35.0. The third-order valence-corrected chi connectivity index (χ3v) is 14.3. The van der Waals surface area contributed by atoms with Crippen LogP contribution in [0.5, 0.6) is 11.5 Å². The fourth-order valence-electron chi connectivity index (χ4n) is 10.5. The molecular weight excluding hydrogens is 675 g/mol. The molecule has 6 rings (SSSR count). The smallest absolute Gasteiger partial charge is 0.477 e. The number of nitrogens with zero attached hydrogens (tertiary/aromatic N) is 3. The van der Waals surface area contributed by atoms with Gasteiger partial charge in [0.1, 0.15) is 16.4 Å². The summed E-state index contributed by atoms with van der Waals surface area (Å²) in [5, 5.41) is 0.293. The van der Waals surface area contributed by atoms with E-state index in [1.807, 2.05) is 0 Å². The lowest BCUT2D eigenvalue weighted by Crippen LogP contribution is -2.54. The van der Waals surface area contributed by atoms with Gasteiger partial charge in [-0.15, -0.1) is 0 Å². The molecule has 2 aromatic rings. The predicted molar refractivity (Wildman–Crippen MR) is 220 cm³/mol. The van der Waals surface area contributed by atoms with Crippen LogP contribution in [0.4, 0.5) is 11.4 Å². The Bertz CT molecular complexity index is 1430. The van der Waals surface area contributed by atoms with E-state index < -0.39 is 0 Å². The van der Waals surface area contributed by atoms with Gasteiger partial charge in [-0.2, -0.15) is 9.68 Å². The van der Waals surface area contributed by atoms with Gasteiger partial charge in [0.2, 0.25) is 0 Å². The van der Waals surface area contributed by atoms with Crippen LogP contribution in [0.3, 0.4) is 0 Å². The summed E-state index contributed by atoms with van der Waals surface area (Å²) in [6.45, 7) is 16.6. The number of hydrogen-bond acceptors (Lipinski definition) is 7. The van der Waals surface area contributed by atoms with Crippen molar-refractivity contribution in [2.45, 2.75) is 154 Å². The predicted octanol–water partition coefficient (Wildman–Crippen LogP) is 11.4. The molecule has 4 aliphatic rings. The van der Waals surface area contributed by atoms with Crippen LogP contribution in [0.25, 0.3) is 0 Å². The molecule has 6 atom stereocenters. The van der Waals surface area contributed by atoms with Crippen LogP contribution in [0, 0.1) is 28.6 Å². The summed E-state index contributed by atoms with van der Waals surface area (Å²) in [5.41, 5.74) is 5.98. The van der Waals surface area contributed by atoms with Crippen molar-refractivity contribution >= 4 is 11.4 Å². The maximum absolute atomic E-state index is 12.0. The maximum Gasteiger partial charge on any atom is 0.477 e. The number of rotatable bonds is 18. The Morgan fingerprint density at radius 2 is 0.981 bits per heavy atom. The molecule has 54 heavy (non-hydrogen) atoms. The molecule has 0 radical (unpaired) electrons. The lowest BCUT2D eigenvalue weighted by Gasteiger charge is -2.54. The Morgan fingerprint density at radius 1 is 0.593 bits per heavy atom. The van der Waals surface area contributed by atoms with E-state index in [0.29, 0.717) is 55.2 Å². The number of unbranched alkanes of at least 4 members (excludes halogenated alkanes) is 6. The third-order valence-electron chi connectivity index (χ3n) is 14.3. The molecule has 0 aromatic heterocycles. The quantitative estimate of drug-likeness (QED) is 0.111. The number of benzene rings is 2. The molecule has 2 aliphatic carbocycles. The minimum Gasteiger partial charge on any atom is -0.494 e. The number of ether oxygens (including phenoxy) is 2. The van der Waals surface area contributed by atoms with Crippen molar-refractivity contribution in [3.05, 3.63) is 52.4 Å². The van der Waals surface area contributed by atoms with Gasteiger partial charge in [-0.3, -0.25) is 0 Å². The highest BCUT2D eigenvalue weighted by molar-refractivity contribution is 5.63. The van der Waals surface area contributed by atoms with Crippen LogP contribution in [0.1, 0.15) is 154 Å². The molecule has 2 aromatic carbocycles. The normalized spacial score (nSPS) is 26.5. The first-order valence-electron chi connectivity index (χ1n) is 21.6. The molecule has 0 bridgehead atoms. The first kappa shape index (κ1) is 40.5. The lowest BCUT2D eigenvalue weighted by atomic mass is 9.62. The van der Waals surface area contributed by atoms with Gasteiger partial charge in [-0.1, -0.05) is 38.8 Å². The summed E-state index contributed by atoms with van der Waals surface area (Å²) in [6, 6.07) is 13.5. The highest BCUT2D eigenvalue weighted by atomic mass is 17.0. The number of fused-ring (bicyclic) bond motifs is 6. The van der Waals surface area contributed by atoms with Gasteiger partial charge in [0.25, 0.3) is 0 Å². The van der Waals surface area contributed by atoms with Crippen molar-refractivity contribution in [3.8, 4) is 11.5 Å².